The molecule has 0 aliphatic heterocycles. The van der Waals surface area contributed by atoms with Crippen LogP contribution in [0, 0.1) is 0 Å². The lowest BCUT2D eigenvalue weighted by molar-refractivity contribution is -0.150. The maximum absolute atomic E-state index is 12.0. The molecule has 0 amide bonds. The van der Waals surface area contributed by atoms with Gasteiger partial charge in [0.15, 0.2) is 0 Å². The first-order valence-corrected chi connectivity index (χ1v) is 7.37. The van der Waals surface area contributed by atoms with Gasteiger partial charge in [0.05, 0.1) is 6.61 Å². The van der Waals surface area contributed by atoms with Crippen LogP contribution in [0.5, 0.6) is 0 Å². The van der Waals surface area contributed by atoms with E-state index in [0.717, 1.165) is 13.0 Å². The second-order valence-corrected chi connectivity index (χ2v) is 6.80. The highest BCUT2D eigenvalue weighted by Gasteiger charge is 2.35. The van der Waals surface area contributed by atoms with E-state index in [1.165, 1.54) is 0 Å². The number of likely N-dealkylation sites (N-methyl/N-ethyl adjacent to an activating group) is 1. The van der Waals surface area contributed by atoms with Crippen molar-refractivity contribution in [1.29, 1.82) is 0 Å². The van der Waals surface area contributed by atoms with Crippen molar-refractivity contribution in [2.45, 2.75) is 64.0 Å². The highest BCUT2D eigenvalue weighted by molar-refractivity contribution is 8.00. The molecule has 102 valence electrons. The zero-order chi connectivity index (χ0) is 13.5. The molecule has 0 aromatic heterocycles. The van der Waals surface area contributed by atoms with E-state index in [2.05, 4.69) is 26.1 Å². The second kappa shape index (κ2) is 7.98. The fourth-order valence-electron chi connectivity index (χ4n) is 2.00. The van der Waals surface area contributed by atoms with Crippen LogP contribution in [0.4, 0.5) is 0 Å². The monoisotopic (exact) mass is 261 g/mol. The van der Waals surface area contributed by atoms with Crippen LogP contribution in [0.15, 0.2) is 0 Å². The number of carbonyl (C=O) groups excluding carboxylic acids is 1. The number of rotatable bonds is 8. The van der Waals surface area contributed by atoms with E-state index in [4.69, 9.17) is 4.74 Å². The smallest absolute Gasteiger partial charge is 0.326 e. The van der Waals surface area contributed by atoms with Gasteiger partial charge in [-0.1, -0.05) is 27.7 Å². The summed E-state index contributed by atoms with van der Waals surface area (Å²) in [6, 6.07) is 0. The van der Waals surface area contributed by atoms with Crippen molar-refractivity contribution in [2.24, 2.45) is 0 Å². The molecule has 0 aliphatic carbocycles. The molecule has 4 heteroatoms. The van der Waals surface area contributed by atoms with Crippen molar-refractivity contribution in [1.82, 2.24) is 5.32 Å². The first-order chi connectivity index (χ1) is 7.85. The molecule has 1 N–H and O–H groups in total. The summed E-state index contributed by atoms with van der Waals surface area (Å²) in [5.74, 6) is -0.141. The Hall–Kier alpha value is -0.220. The zero-order valence-corrected chi connectivity index (χ0v) is 12.8. The molecule has 0 aliphatic rings. The first-order valence-electron chi connectivity index (χ1n) is 6.43. The molecule has 0 fully saturated rings. The summed E-state index contributed by atoms with van der Waals surface area (Å²) in [4.78, 5) is 12.0. The van der Waals surface area contributed by atoms with Crippen LogP contribution in [0.2, 0.25) is 0 Å². The first kappa shape index (κ1) is 16.8. The molecule has 0 rings (SSSR count). The van der Waals surface area contributed by atoms with Gasteiger partial charge in [-0.25, -0.2) is 0 Å². The Morgan fingerprint density at radius 3 is 2.35 bits per heavy atom. The predicted octanol–water partition coefficient (Wildman–Crippen LogP) is 2.84. The van der Waals surface area contributed by atoms with E-state index in [1.54, 1.807) is 0 Å². The van der Waals surface area contributed by atoms with E-state index >= 15 is 0 Å². The lowest BCUT2D eigenvalue weighted by atomic mass is 9.96. The normalized spacial score (nSPS) is 16.6. The van der Waals surface area contributed by atoms with E-state index in [0.29, 0.717) is 17.1 Å². The molecule has 0 radical (unpaired) electrons. The molecule has 3 nitrogen and oxygen atoms in total. The Morgan fingerprint density at radius 2 is 1.94 bits per heavy atom. The molecular weight excluding hydrogens is 234 g/mol. The maximum atomic E-state index is 12.0. The van der Waals surface area contributed by atoms with Gasteiger partial charge in [-0.2, -0.15) is 11.8 Å². The number of nitrogens with one attached hydrogen (secondary N) is 1. The van der Waals surface area contributed by atoms with Crippen LogP contribution < -0.4 is 5.32 Å². The molecule has 2 atom stereocenters. The van der Waals surface area contributed by atoms with Crippen LogP contribution >= 0.6 is 11.8 Å². The average Bonchev–Trinajstić information content (AvgIpc) is 2.16. The quantitative estimate of drug-likeness (QED) is 0.682. The third-order valence-corrected chi connectivity index (χ3v) is 3.67. The van der Waals surface area contributed by atoms with E-state index < -0.39 is 5.54 Å². The Balaban J connectivity index is 4.53. The van der Waals surface area contributed by atoms with Gasteiger partial charge in [-0.3, -0.25) is 4.79 Å². The van der Waals surface area contributed by atoms with Gasteiger partial charge in [-0.15, -0.1) is 0 Å². The van der Waals surface area contributed by atoms with Crippen molar-refractivity contribution < 1.29 is 9.53 Å². The van der Waals surface area contributed by atoms with E-state index in [9.17, 15) is 4.79 Å². The Morgan fingerprint density at radius 1 is 1.35 bits per heavy atom. The summed E-state index contributed by atoms with van der Waals surface area (Å²) in [6.07, 6.45) is 0.794. The Labute approximate surface area is 110 Å². The topological polar surface area (TPSA) is 38.3 Å². The third kappa shape index (κ3) is 6.32. The number of hydrogen-bond donors (Lipinski definition) is 1. The molecule has 0 saturated heterocycles. The summed E-state index contributed by atoms with van der Waals surface area (Å²) in [6.45, 7) is 13.5. The SMILES string of the molecule is CCNC(C)(CC(C)SC(C)C)C(=O)OCC. The van der Waals surface area contributed by atoms with Gasteiger partial charge >= 0.3 is 5.97 Å². The minimum atomic E-state index is -0.563. The summed E-state index contributed by atoms with van der Waals surface area (Å²) in [5, 5.41) is 4.28. The lowest BCUT2D eigenvalue weighted by Gasteiger charge is -2.31. The summed E-state index contributed by atoms with van der Waals surface area (Å²) < 4.78 is 5.15. The van der Waals surface area contributed by atoms with Gasteiger partial charge in [0.25, 0.3) is 0 Å². The van der Waals surface area contributed by atoms with Crippen molar-refractivity contribution in [3.05, 3.63) is 0 Å². The third-order valence-electron chi connectivity index (χ3n) is 2.49. The lowest BCUT2D eigenvalue weighted by Crippen LogP contribution is -2.51. The van der Waals surface area contributed by atoms with Crippen LogP contribution in [0.25, 0.3) is 0 Å². The van der Waals surface area contributed by atoms with Crippen LogP contribution in [0.3, 0.4) is 0 Å². The van der Waals surface area contributed by atoms with Gasteiger partial charge < -0.3 is 10.1 Å². The zero-order valence-electron chi connectivity index (χ0n) is 12.0. The van der Waals surface area contributed by atoms with Crippen LogP contribution in [-0.2, 0) is 9.53 Å². The molecule has 17 heavy (non-hydrogen) atoms. The summed E-state index contributed by atoms with van der Waals surface area (Å²) in [5.41, 5.74) is -0.563. The second-order valence-electron chi connectivity index (χ2n) is 4.78. The van der Waals surface area contributed by atoms with Crippen LogP contribution in [-0.4, -0.2) is 35.2 Å². The Kier molecular flexibility index (Phi) is 7.88. The maximum Gasteiger partial charge on any atom is 0.326 e. The molecule has 0 saturated carbocycles. The predicted molar refractivity (Wildman–Crippen MR) is 75.5 cm³/mol. The van der Waals surface area contributed by atoms with E-state index in [1.807, 2.05) is 32.5 Å². The van der Waals surface area contributed by atoms with Crippen LogP contribution in [0.1, 0.15) is 48.0 Å². The van der Waals surface area contributed by atoms with E-state index in [-0.39, 0.29) is 5.97 Å². The molecule has 0 aromatic rings. The standard InChI is InChI=1S/C13H27NO2S/c1-7-14-13(6,12(15)16-8-2)9-11(5)17-10(3)4/h10-11,14H,7-9H2,1-6H3. The number of thioether (sulfide) groups is 1. The van der Waals surface area contributed by atoms with Crippen molar-refractivity contribution in [3.63, 3.8) is 0 Å². The van der Waals surface area contributed by atoms with Gasteiger partial charge in [-0.05, 0) is 32.1 Å². The van der Waals surface area contributed by atoms with Gasteiger partial charge in [0.2, 0.25) is 0 Å². The highest BCUT2D eigenvalue weighted by Crippen LogP contribution is 2.26. The molecule has 0 spiro atoms. The van der Waals surface area contributed by atoms with Crippen molar-refractivity contribution >= 4 is 17.7 Å². The number of hydrogen-bond acceptors (Lipinski definition) is 4. The molecule has 0 aromatic carbocycles. The number of carbonyl (C=O) groups is 1. The summed E-state index contributed by atoms with van der Waals surface area (Å²) in [7, 11) is 0. The minimum Gasteiger partial charge on any atom is -0.465 e. The molecular formula is C13H27NO2S. The number of esters is 1. The fraction of sp³-hybridized carbons (Fsp3) is 0.923. The van der Waals surface area contributed by atoms with Gasteiger partial charge in [0.1, 0.15) is 5.54 Å². The fourth-order valence-corrected chi connectivity index (χ4v) is 3.35. The van der Waals surface area contributed by atoms with Gasteiger partial charge in [0, 0.05) is 5.25 Å². The molecule has 0 heterocycles. The summed E-state index contributed by atoms with van der Waals surface area (Å²) >= 11 is 1.89. The van der Waals surface area contributed by atoms with Crippen molar-refractivity contribution in [2.75, 3.05) is 13.2 Å². The number of ether oxygens (including phenoxy) is 1. The molecule has 2 unspecified atom stereocenters. The average molecular weight is 261 g/mol. The minimum absolute atomic E-state index is 0.141. The Bertz CT molecular complexity index is 233. The molecule has 0 bridgehead atoms. The highest BCUT2D eigenvalue weighted by atomic mass is 32.2. The largest absolute Gasteiger partial charge is 0.465 e. The van der Waals surface area contributed by atoms with Crippen molar-refractivity contribution in [3.8, 4) is 0 Å².